The molecule has 1 heterocycles. The van der Waals surface area contributed by atoms with Crippen molar-refractivity contribution in [2.45, 2.75) is 39.2 Å². The molecular formula is C16H22N2S. The summed E-state index contributed by atoms with van der Waals surface area (Å²) in [6.45, 7) is 6.47. The van der Waals surface area contributed by atoms with Crippen molar-refractivity contribution in [3.8, 4) is 0 Å². The Kier molecular flexibility index (Phi) is 4.38. The first-order valence-corrected chi connectivity index (χ1v) is 7.60. The SMILES string of the molecule is CCC(Cc1ccccc1)(NC)c1nc(C)c(C)s1. The highest BCUT2D eigenvalue weighted by molar-refractivity contribution is 7.11. The molecule has 1 aromatic carbocycles. The summed E-state index contributed by atoms with van der Waals surface area (Å²) in [6, 6.07) is 10.6. The lowest BCUT2D eigenvalue weighted by Gasteiger charge is -2.30. The zero-order valence-corrected chi connectivity index (χ0v) is 13.0. The van der Waals surface area contributed by atoms with Crippen molar-refractivity contribution in [3.05, 3.63) is 51.5 Å². The molecule has 1 aromatic heterocycles. The second-order valence-electron chi connectivity index (χ2n) is 5.01. The van der Waals surface area contributed by atoms with Gasteiger partial charge in [-0.2, -0.15) is 0 Å². The minimum absolute atomic E-state index is 0.0506. The number of likely N-dealkylation sites (N-methyl/N-ethyl adjacent to an activating group) is 1. The first-order valence-electron chi connectivity index (χ1n) is 6.78. The summed E-state index contributed by atoms with van der Waals surface area (Å²) in [7, 11) is 2.04. The van der Waals surface area contributed by atoms with Gasteiger partial charge in [0.1, 0.15) is 5.01 Å². The van der Waals surface area contributed by atoms with Gasteiger partial charge in [-0.25, -0.2) is 4.98 Å². The lowest BCUT2D eigenvalue weighted by atomic mass is 9.89. The predicted molar refractivity (Wildman–Crippen MR) is 82.8 cm³/mol. The molecular weight excluding hydrogens is 252 g/mol. The normalized spacial score (nSPS) is 14.3. The molecule has 2 nitrogen and oxygen atoms in total. The molecule has 19 heavy (non-hydrogen) atoms. The van der Waals surface area contributed by atoms with Crippen LogP contribution in [0.5, 0.6) is 0 Å². The topological polar surface area (TPSA) is 24.9 Å². The molecule has 0 aliphatic carbocycles. The van der Waals surface area contributed by atoms with Gasteiger partial charge >= 0.3 is 0 Å². The van der Waals surface area contributed by atoms with Gasteiger partial charge < -0.3 is 5.32 Å². The van der Waals surface area contributed by atoms with E-state index in [-0.39, 0.29) is 5.54 Å². The Hall–Kier alpha value is -1.19. The Morgan fingerprint density at radius 1 is 1.21 bits per heavy atom. The summed E-state index contributed by atoms with van der Waals surface area (Å²) in [5.41, 5.74) is 2.45. The molecule has 0 fully saturated rings. The van der Waals surface area contributed by atoms with E-state index in [1.165, 1.54) is 15.4 Å². The van der Waals surface area contributed by atoms with Crippen LogP contribution in [0.2, 0.25) is 0 Å². The van der Waals surface area contributed by atoms with Crippen LogP contribution in [0.3, 0.4) is 0 Å². The molecule has 0 radical (unpaired) electrons. The van der Waals surface area contributed by atoms with Gasteiger partial charge in [-0.15, -0.1) is 11.3 Å². The maximum atomic E-state index is 4.78. The van der Waals surface area contributed by atoms with Crippen LogP contribution in [0.1, 0.15) is 34.5 Å². The van der Waals surface area contributed by atoms with Crippen molar-refractivity contribution < 1.29 is 0 Å². The van der Waals surface area contributed by atoms with Crippen molar-refractivity contribution in [2.24, 2.45) is 0 Å². The van der Waals surface area contributed by atoms with Crippen molar-refractivity contribution in [3.63, 3.8) is 0 Å². The maximum absolute atomic E-state index is 4.78. The molecule has 1 unspecified atom stereocenters. The molecule has 0 spiro atoms. The van der Waals surface area contributed by atoms with Crippen LogP contribution in [-0.4, -0.2) is 12.0 Å². The Bertz CT molecular complexity index is 507. The molecule has 0 bridgehead atoms. The number of nitrogens with zero attached hydrogens (tertiary/aromatic N) is 1. The predicted octanol–water partition coefficient (Wildman–Crippen LogP) is 3.83. The van der Waals surface area contributed by atoms with E-state index >= 15 is 0 Å². The molecule has 3 heteroatoms. The van der Waals surface area contributed by atoms with Gasteiger partial charge in [0.2, 0.25) is 0 Å². The molecule has 0 saturated heterocycles. The number of aromatic nitrogens is 1. The Labute approximate surface area is 119 Å². The van der Waals surface area contributed by atoms with Gasteiger partial charge in [-0.1, -0.05) is 37.3 Å². The highest BCUT2D eigenvalue weighted by atomic mass is 32.1. The zero-order chi connectivity index (χ0) is 13.9. The minimum atomic E-state index is -0.0506. The average molecular weight is 274 g/mol. The molecule has 0 saturated carbocycles. The standard InChI is InChI=1S/C16H22N2S/c1-5-16(17-4,11-14-9-7-6-8-10-14)15-18-12(2)13(3)19-15/h6-10,17H,5,11H2,1-4H3. The van der Waals surface area contributed by atoms with Gasteiger partial charge in [0.25, 0.3) is 0 Å². The number of benzene rings is 1. The van der Waals surface area contributed by atoms with Gasteiger partial charge in [0.05, 0.1) is 11.2 Å². The zero-order valence-electron chi connectivity index (χ0n) is 12.2. The van der Waals surface area contributed by atoms with Crippen LogP contribution < -0.4 is 5.32 Å². The first-order chi connectivity index (χ1) is 9.11. The van der Waals surface area contributed by atoms with Crippen LogP contribution in [-0.2, 0) is 12.0 Å². The quantitative estimate of drug-likeness (QED) is 0.896. The van der Waals surface area contributed by atoms with E-state index in [9.17, 15) is 0 Å². The van der Waals surface area contributed by atoms with E-state index in [1.54, 1.807) is 0 Å². The molecule has 0 amide bonds. The third kappa shape index (κ3) is 2.88. The summed E-state index contributed by atoms with van der Waals surface area (Å²) in [6.07, 6.45) is 2.01. The van der Waals surface area contributed by atoms with E-state index in [0.29, 0.717) is 0 Å². The number of hydrogen-bond donors (Lipinski definition) is 1. The summed E-state index contributed by atoms with van der Waals surface area (Å²) < 4.78 is 0. The highest BCUT2D eigenvalue weighted by Gasteiger charge is 2.32. The fourth-order valence-corrected chi connectivity index (χ4v) is 3.53. The first kappa shape index (κ1) is 14.2. The molecule has 2 rings (SSSR count). The smallest absolute Gasteiger partial charge is 0.114 e. The summed E-state index contributed by atoms with van der Waals surface area (Å²) in [5.74, 6) is 0. The summed E-state index contributed by atoms with van der Waals surface area (Å²) in [5, 5.41) is 4.72. The van der Waals surface area contributed by atoms with Crippen molar-refractivity contribution in [1.82, 2.24) is 10.3 Å². The lowest BCUT2D eigenvalue weighted by Crippen LogP contribution is -2.41. The van der Waals surface area contributed by atoms with Crippen LogP contribution in [0, 0.1) is 13.8 Å². The third-order valence-electron chi connectivity index (χ3n) is 3.87. The minimum Gasteiger partial charge on any atom is -0.308 e. The Balaban J connectivity index is 2.37. The van der Waals surface area contributed by atoms with E-state index in [4.69, 9.17) is 4.98 Å². The summed E-state index contributed by atoms with van der Waals surface area (Å²) in [4.78, 5) is 6.09. The molecule has 102 valence electrons. The Morgan fingerprint density at radius 2 is 1.89 bits per heavy atom. The Morgan fingerprint density at radius 3 is 2.37 bits per heavy atom. The number of nitrogens with one attached hydrogen (secondary N) is 1. The van der Waals surface area contributed by atoms with Crippen molar-refractivity contribution in [1.29, 1.82) is 0 Å². The van der Waals surface area contributed by atoms with Crippen LogP contribution in [0.4, 0.5) is 0 Å². The van der Waals surface area contributed by atoms with Crippen molar-refractivity contribution in [2.75, 3.05) is 7.05 Å². The third-order valence-corrected chi connectivity index (χ3v) is 5.15. The monoisotopic (exact) mass is 274 g/mol. The number of aryl methyl sites for hydroxylation is 2. The van der Waals surface area contributed by atoms with Gasteiger partial charge in [0.15, 0.2) is 0 Å². The van der Waals surface area contributed by atoms with Crippen LogP contribution in [0.25, 0.3) is 0 Å². The second kappa shape index (κ2) is 5.85. The van der Waals surface area contributed by atoms with E-state index in [1.807, 2.05) is 18.4 Å². The highest BCUT2D eigenvalue weighted by Crippen LogP contribution is 2.33. The molecule has 1 atom stereocenters. The summed E-state index contributed by atoms with van der Waals surface area (Å²) >= 11 is 1.82. The number of thiazole rings is 1. The number of rotatable bonds is 5. The maximum Gasteiger partial charge on any atom is 0.114 e. The van der Waals surface area contributed by atoms with Crippen LogP contribution in [0.15, 0.2) is 30.3 Å². The lowest BCUT2D eigenvalue weighted by molar-refractivity contribution is 0.342. The van der Waals surface area contributed by atoms with E-state index < -0.39 is 0 Å². The van der Waals surface area contributed by atoms with Crippen molar-refractivity contribution >= 4 is 11.3 Å². The largest absolute Gasteiger partial charge is 0.308 e. The van der Waals surface area contributed by atoms with Gasteiger partial charge in [0, 0.05) is 4.88 Å². The second-order valence-corrected chi connectivity index (χ2v) is 6.21. The fraction of sp³-hybridized carbons (Fsp3) is 0.438. The van der Waals surface area contributed by atoms with Gasteiger partial charge in [-0.3, -0.25) is 0 Å². The molecule has 1 N–H and O–H groups in total. The fourth-order valence-electron chi connectivity index (χ4n) is 2.35. The molecule has 2 aromatic rings. The molecule has 0 aliphatic heterocycles. The van der Waals surface area contributed by atoms with E-state index in [0.717, 1.165) is 18.5 Å². The van der Waals surface area contributed by atoms with Crippen LogP contribution >= 0.6 is 11.3 Å². The number of hydrogen-bond acceptors (Lipinski definition) is 3. The molecule has 0 aliphatic rings. The average Bonchev–Trinajstić information content (AvgIpc) is 2.78. The van der Waals surface area contributed by atoms with Gasteiger partial charge in [-0.05, 0) is 39.3 Å². The van der Waals surface area contributed by atoms with E-state index in [2.05, 4.69) is 56.4 Å².